The molecule has 2 aliphatic heterocycles. The number of para-hydroxylation sites is 1. The summed E-state index contributed by atoms with van der Waals surface area (Å²) < 4.78 is 28.2. The van der Waals surface area contributed by atoms with Crippen molar-refractivity contribution in [3.05, 3.63) is 65.2 Å². The number of benzene rings is 2. The van der Waals surface area contributed by atoms with Crippen molar-refractivity contribution in [1.82, 2.24) is 5.01 Å². The summed E-state index contributed by atoms with van der Waals surface area (Å²) in [5.41, 5.74) is 1.70. The average molecular weight is 403 g/mol. The molecule has 2 aromatic rings. The zero-order chi connectivity index (χ0) is 19.9. The molecule has 2 aliphatic rings. The van der Waals surface area contributed by atoms with Crippen molar-refractivity contribution in [2.75, 3.05) is 18.5 Å². The Kier molecular flexibility index (Phi) is 4.84. The van der Waals surface area contributed by atoms with Crippen molar-refractivity contribution >= 4 is 28.4 Å². The Bertz CT molecular complexity index is 968. The number of thioether (sulfide) groups is 1. The summed E-state index contributed by atoms with van der Waals surface area (Å²) in [4.78, 5) is 11.6. The summed E-state index contributed by atoms with van der Waals surface area (Å²) in [7, 11) is 0. The molecular formula is C20H19F2N3O2S. The average Bonchev–Trinajstić information content (AvgIpc) is 3.08. The molecule has 0 saturated carbocycles. The zero-order valence-electron chi connectivity index (χ0n) is 15.2. The molecule has 0 aliphatic carbocycles. The summed E-state index contributed by atoms with van der Waals surface area (Å²) >= 11 is 1.23. The van der Waals surface area contributed by atoms with Crippen LogP contribution in [0.1, 0.15) is 24.5 Å². The van der Waals surface area contributed by atoms with Gasteiger partial charge in [0, 0.05) is 42.8 Å². The van der Waals surface area contributed by atoms with Gasteiger partial charge in [-0.1, -0.05) is 30.0 Å². The van der Waals surface area contributed by atoms with Crippen LogP contribution in [0.2, 0.25) is 0 Å². The number of hydrogen-bond acceptors (Lipinski definition) is 5. The fraction of sp³-hybridized carbons (Fsp3) is 0.300. The Labute approximate surface area is 165 Å². The maximum Gasteiger partial charge on any atom is 0.241 e. The Morgan fingerprint density at radius 2 is 2.14 bits per heavy atom. The van der Waals surface area contributed by atoms with Gasteiger partial charge in [0.25, 0.3) is 0 Å². The number of rotatable bonds is 3. The van der Waals surface area contributed by atoms with Gasteiger partial charge in [0.2, 0.25) is 5.91 Å². The normalized spacial score (nSPS) is 23.4. The largest absolute Gasteiger partial charge is 0.396 e. The first-order valence-electron chi connectivity index (χ1n) is 8.95. The van der Waals surface area contributed by atoms with Gasteiger partial charge in [-0.3, -0.25) is 4.79 Å². The molecule has 28 heavy (non-hydrogen) atoms. The first-order valence-corrected chi connectivity index (χ1v) is 9.77. The van der Waals surface area contributed by atoms with Crippen molar-refractivity contribution in [3.63, 3.8) is 0 Å². The van der Waals surface area contributed by atoms with E-state index in [1.165, 1.54) is 23.7 Å². The van der Waals surface area contributed by atoms with E-state index in [4.69, 9.17) is 0 Å². The maximum atomic E-state index is 14.4. The SMILES string of the molecule is CC(=O)N1N=C(c2cc(F)ccc2F)S[C@@]12c1ccccc1NCC2CCO. The van der Waals surface area contributed by atoms with Crippen molar-refractivity contribution in [2.45, 2.75) is 18.2 Å². The van der Waals surface area contributed by atoms with Gasteiger partial charge in [0.1, 0.15) is 21.5 Å². The van der Waals surface area contributed by atoms with Crippen LogP contribution in [-0.2, 0) is 9.67 Å². The van der Waals surface area contributed by atoms with Crippen LogP contribution in [0.25, 0.3) is 0 Å². The molecule has 2 N–H and O–H groups in total. The standard InChI is InChI=1S/C20H19F2N3O2S/c1-12(27)25-20(28-19(24-25)15-10-14(21)6-7-17(15)22)13(8-9-26)11-23-18-5-3-2-4-16(18)20/h2-7,10,13,23,26H,8-9,11H2,1H3/t13?,20-/m0/s1. The molecule has 1 amide bonds. The van der Waals surface area contributed by atoms with Crippen LogP contribution in [0, 0.1) is 17.6 Å². The molecule has 1 unspecified atom stereocenters. The number of carbonyl (C=O) groups is 1. The number of carbonyl (C=O) groups excluding carboxylic acids is 1. The molecule has 2 aromatic carbocycles. The number of nitrogens with one attached hydrogen (secondary N) is 1. The fourth-order valence-electron chi connectivity index (χ4n) is 3.87. The molecule has 0 radical (unpaired) electrons. The molecule has 2 atom stereocenters. The number of hydrogen-bond donors (Lipinski definition) is 2. The van der Waals surface area contributed by atoms with E-state index in [1.807, 2.05) is 24.3 Å². The Morgan fingerprint density at radius 1 is 1.36 bits per heavy atom. The van der Waals surface area contributed by atoms with Crippen molar-refractivity contribution < 1.29 is 18.7 Å². The van der Waals surface area contributed by atoms with Crippen LogP contribution in [0.15, 0.2) is 47.6 Å². The van der Waals surface area contributed by atoms with Gasteiger partial charge in [-0.15, -0.1) is 0 Å². The lowest BCUT2D eigenvalue weighted by molar-refractivity contribution is -0.133. The highest BCUT2D eigenvalue weighted by molar-refractivity contribution is 8.15. The first kappa shape index (κ1) is 18.9. The highest BCUT2D eigenvalue weighted by atomic mass is 32.2. The van der Waals surface area contributed by atoms with Crippen LogP contribution in [-0.4, -0.2) is 34.2 Å². The highest BCUT2D eigenvalue weighted by Crippen LogP contribution is 2.56. The minimum atomic E-state index is -0.940. The second-order valence-electron chi connectivity index (χ2n) is 6.79. The number of nitrogens with zero attached hydrogens (tertiary/aromatic N) is 2. The monoisotopic (exact) mass is 403 g/mol. The van der Waals surface area contributed by atoms with E-state index >= 15 is 0 Å². The Morgan fingerprint density at radius 3 is 2.89 bits per heavy atom. The smallest absolute Gasteiger partial charge is 0.241 e. The van der Waals surface area contributed by atoms with Crippen LogP contribution in [0.5, 0.6) is 0 Å². The van der Waals surface area contributed by atoms with E-state index in [0.29, 0.717) is 13.0 Å². The van der Waals surface area contributed by atoms with Crippen LogP contribution >= 0.6 is 11.8 Å². The molecule has 5 nitrogen and oxygen atoms in total. The fourth-order valence-corrected chi connectivity index (χ4v) is 5.47. The number of fused-ring (bicyclic) bond motifs is 2. The lowest BCUT2D eigenvalue weighted by atomic mass is 9.84. The van der Waals surface area contributed by atoms with Crippen LogP contribution in [0.4, 0.5) is 14.5 Å². The van der Waals surface area contributed by atoms with E-state index in [-0.39, 0.29) is 29.0 Å². The van der Waals surface area contributed by atoms with E-state index < -0.39 is 16.5 Å². The molecule has 0 aromatic heterocycles. The third-order valence-electron chi connectivity index (χ3n) is 5.10. The van der Waals surface area contributed by atoms with Gasteiger partial charge in [0.15, 0.2) is 0 Å². The predicted octanol–water partition coefficient (Wildman–Crippen LogP) is 3.50. The van der Waals surface area contributed by atoms with Crippen LogP contribution in [0.3, 0.4) is 0 Å². The lowest BCUT2D eigenvalue weighted by Crippen LogP contribution is -2.51. The number of aliphatic hydroxyl groups is 1. The van der Waals surface area contributed by atoms with Gasteiger partial charge in [-0.05, 0) is 30.7 Å². The van der Waals surface area contributed by atoms with Gasteiger partial charge in [0.05, 0.1) is 0 Å². The molecule has 146 valence electrons. The highest BCUT2D eigenvalue weighted by Gasteiger charge is 2.55. The van der Waals surface area contributed by atoms with Gasteiger partial charge in [-0.2, -0.15) is 5.10 Å². The minimum Gasteiger partial charge on any atom is -0.396 e. The molecule has 0 fully saturated rings. The minimum absolute atomic E-state index is 0.0203. The summed E-state index contributed by atoms with van der Waals surface area (Å²) in [5.74, 6) is -1.67. The van der Waals surface area contributed by atoms with Crippen molar-refractivity contribution in [3.8, 4) is 0 Å². The summed E-state index contributed by atoms with van der Waals surface area (Å²) in [5, 5.41) is 19.0. The molecule has 1 spiro atoms. The number of hydrazone groups is 1. The second-order valence-corrected chi connectivity index (χ2v) is 8.01. The van der Waals surface area contributed by atoms with Crippen molar-refractivity contribution in [2.24, 2.45) is 11.0 Å². The topological polar surface area (TPSA) is 64.9 Å². The Balaban J connectivity index is 1.89. The number of amides is 1. The third-order valence-corrected chi connectivity index (χ3v) is 6.63. The maximum absolute atomic E-state index is 14.4. The van der Waals surface area contributed by atoms with E-state index in [0.717, 1.165) is 29.4 Å². The molecule has 0 saturated heterocycles. The van der Waals surface area contributed by atoms with E-state index in [9.17, 15) is 18.7 Å². The molecule has 8 heteroatoms. The molecular weight excluding hydrogens is 384 g/mol. The first-order chi connectivity index (χ1) is 13.5. The van der Waals surface area contributed by atoms with Gasteiger partial charge in [-0.25, -0.2) is 13.8 Å². The van der Waals surface area contributed by atoms with E-state index in [2.05, 4.69) is 10.4 Å². The van der Waals surface area contributed by atoms with E-state index in [1.54, 1.807) is 0 Å². The van der Waals surface area contributed by atoms with Gasteiger partial charge < -0.3 is 10.4 Å². The Hall–Kier alpha value is -2.45. The number of halogens is 2. The molecule has 4 rings (SSSR count). The second kappa shape index (κ2) is 7.18. The third kappa shape index (κ3) is 2.87. The summed E-state index contributed by atoms with van der Waals surface area (Å²) in [6.07, 6.45) is 0.423. The van der Waals surface area contributed by atoms with Gasteiger partial charge >= 0.3 is 0 Å². The quantitative estimate of drug-likeness (QED) is 0.823. The molecule has 0 bridgehead atoms. The predicted molar refractivity (Wildman–Crippen MR) is 105 cm³/mol. The summed E-state index contributed by atoms with van der Waals surface area (Å²) in [6, 6.07) is 10.7. The molecule has 2 heterocycles. The summed E-state index contributed by atoms with van der Waals surface area (Å²) in [6.45, 7) is 1.85. The van der Waals surface area contributed by atoms with Crippen molar-refractivity contribution in [1.29, 1.82) is 0 Å². The lowest BCUT2D eigenvalue weighted by Gasteiger charge is -2.45. The number of anilines is 1. The number of aliphatic hydroxyl groups excluding tert-OH is 1. The van der Waals surface area contributed by atoms with Crippen LogP contribution < -0.4 is 5.32 Å². The zero-order valence-corrected chi connectivity index (χ0v) is 16.0.